The molecule has 0 spiro atoms. The highest BCUT2D eigenvalue weighted by atomic mass is 79.9. The lowest BCUT2D eigenvalue weighted by Gasteiger charge is -2.20. The van der Waals surface area contributed by atoms with Gasteiger partial charge in [-0.25, -0.2) is 14.4 Å². The van der Waals surface area contributed by atoms with Crippen LogP contribution in [0.25, 0.3) is 0 Å². The molecule has 0 aliphatic carbocycles. The van der Waals surface area contributed by atoms with Crippen molar-refractivity contribution in [3.05, 3.63) is 46.9 Å². The molecule has 0 bridgehead atoms. The van der Waals surface area contributed by atoms with E-state index in [-0.39, 0.29) is 11.8 Å². The van der Waals surface area contributed by atoms with E-state index in [9.17, 15) is 4.39 Å². The lowest BCUT2D eigenvalue weighted by molar-refractivity contribution is 0.620. The van der Waals surface area contributed by atoms with Crippen LogP contribution in [0.1, 0.15) is 6.92 Å². The number of anilines is 1. The largest absolute Gasteiger partial charge is 0.369 e. The highest BCUT2D eigenvalue weighted by Crippen LogP contribution is 2.17. The summed E-state index contributed by atoms with van der Waals surface area (Å²) in [6, 6.07) is 6.36. The van der Waals surface area contributed by atoms with Gasteiger partial charge in [0.2, 0.25) is 5.96 Å². The van der Waals surface area contributed by atoms with E-state index in [1.54, 1.807) is 18.3 Å². The first-order chi connectivity index (χ1) is 9.61. The van der Waals surface area contributed by atoms with E-state index in [1.165, 1.54) is 23.2 Å². The second kappa shape index (κ2) is 6.42. The monoisotopic (exact) mass is 337 g/mol. The van der Waals surface area contributed by atoms with Gasteiger partial charge in [0.1, 0.15) is 0 Å². The van der Waals surface area contributed by atoms with Gasteiger partial charge in [0.25, 0.3) is 0 Å². The van der Waals surface area contributed by atoms with Gasteiger partial charge in [-0.3, -0.25) is 4.90 Å². The summed E-state index contributed by atoms with van der Waals surface area (Å²) in [5.41, 5.74) is 5.92. The third-order valence-corrected chi connectivity index (χ3v) is 3.00. The molecule has 2 aromatic heterocycles. The predicted molar refractivity (Wildman–Crippen MR) is 80.4 cm³/mol. The summed E-state index contributed by atoms with van der Waals surface area (Å²) in [6.07, 6.45) is 3.12. The van der Waals surface area contributed by atoms with E-state index in [2.05, 4.69) is 30.9 Å². The Morgan fingerprint density at radius 2 is 2.20 bits per heavy atom. The van der Waals surface area contributed by atoms with E-state index in [0.717, 1.165) is 4.47 Å². The van der Waals surface area contributed by atoms with Crippen LogP contribution in [0.3, 0.4) is 0 Å². The molecule has 20 heavy (non-hydrogen) atoms. The number of nitrogens with zero attached hydrogens (tertiary/aromatic N) is 4. The van der Waals surface area contributed by atoms with Gasteiger partial charge in [-0.15, -0.1) is 0 Å². The average molecular weight is 338 g/mol. The van der Waals surface area contributed by atoms with Crippen molar-refractivity contribution in [1.82, 2.24) is 9.97 Å². The number of aromatic nitrogens is 2. The van der Waals surface area contributed by atoms with E-state index in [0.29, 0.717) is 12.4 Å². The Kier molecular flexibility index (Phi) is 4.62. The molecule has 0 unspecified atom stereocenters. The van der Waals surface area contributed by atoms with E-state index >= 15 is 0 Å². The zero-order valence-electron chi connectivity index (χ0n) is 10.8. The summed E-state index contributed by atoms with van der Waals surface area (Å²) in [5, 5.41) is 0. The van der Waals surface area contributed by atoms with Crippen LogP contribution < -0.4 is 10.6 Å². The Bertz CT molecular complexity index is 614. The molecule has 0 amide bonds. The number of hydrogen-bond acceptors (Lipinski definition) is 3. The lowest BCUT2D eigenvalue weighted by Crippen LogP contribution is -2.38. The van der Waals surface area contributed by atoms with Crippen molar-refractivity contribution in [2.24, 2.45) is 10.7 Å². The van der Waals surface area contributed by atoms with E-state index < -0.39 is 5.82 Å². The topological polar surface area (TPSA) is 67.4 Å². The van der Waals surface area contributed by atoms with Gasteiger partial charge in [-0.05, 0) is 47.1 Å². The van der Waals surface area contributed by atoms with Crippen LogP contribution in [0, 0.1) is 5.82 Å². The number of nitrogens with two attached hydrogens (primary N) is 1. The summed E-state index contributed by atoms with van der Waals surface area (Å²) in [6.45, 7) is 2.28. The van der Waals surface area contributed by atoms with Gasteiger partial charge in [-0.2, -0.15) is 4.99 Å². The molecule has 0 saturated heterocycles. The van der Waals surface area contributed by atoms with Crippen LogP contribution >= 0.6 is 15.9 Å². The number of rotatable bonds is 3. The fourth-order valence-electron chi connectivity index (χ4n) is 1.61. The summed E-state index contributed by atoms with van der Waals surface area (Å²) in [7, 11) is 0. The second-order valence-electron chi connectivity index (χ2n) is 3.86. The smallest absolute Gasteiger partial charge is 0.203 e. The highest BCUT2D eigenvalue weighted by molar-refractivity contribution is 9.10. The zero-order chi connectivity index (χ0) is 14.5. The van der Waals surface area contributed by atoms with Gasteiger partial charge >= 0.3 is 0 Å². The molecule has 0 aromatic carbocycles. The van der Waals surface area contributed by atoms with Crippen molar-refractivity contribution in [3.63, 3.8) is 0 Å². The maximum atomic E-state index is 13.7. The predicted octanol–water partition coefficient (Wildman–Crippen LogP) is 2.85. The molecule has 7 heteroatoms. The minimum Gasteiger partial charge on any atom is -0.369 e. The zero-order valence-corrected chi connectivity index (χ0v) is 12.4. The maximum Gasteiger partial charge on any atom is 0.203 e. The molecule has 0 fully saturated rings. The van der Waals surface area contributed by atoms with Gasteiger partial charge in [0.15, 0.2) is 17.5 Å². The van der Waals surface area contributed by atoms with Gasteiger partial charge in [-0.1, -0.05) is 0 Å². The van der Waals surface area contributed by atoms with Gasteiger partial charge < -0.3 is 5.73 Å². The Balaban J connectivity index is 2.32. The van der Waals surface area contributed by atoms with Crippen molar-refractivity contribution in [2.45, 2.75) is 6.92 Å². The van der Waals surface area contributed by atoms with Crippen LogP contribution in [0.4, 0.5) is 16.0 Å². The standard InChI is InChI=1S/C13H13BrFN5/c1-2-20(12-10(15)4-3-7-17-12)13(16)19-11-6-5-9(14)8-18-11/h3-8H,2H2,1H3,(H2,16,18,19). The third-order valence-electron chi connectivity index (χ3n) is 2.53. The number of guanidine groups is 1. The first-order valence-corrected chi connectivity index (χ1v) is 6.75. The summed E-state index contributed by atoms with van der Waals surface area (Å²) in [4.78, 5) is 13.7. The van der Waals surface area contributed by atoms with Crippen LogP contribution in [-0.4, -0.2) is 22.5 Å². The number of hydrogen-bond donors (Lipinski definition) is 1. The minimum atomic E-state index is -0.448. The Labute approximate surface area is 124 Å². The fourth-order valence-corrected chi connectivity index (χ4v) is 1.84. The molecule has 2 N–H and O–H groups in total. The van der Waals surface area contributed by atoms with Crippen LogP contribution in [0.15, 0.2) is 46.1 Å². The van der Waals surface area contributed by atoms with Crippen LogP contribution in [0.2, 0.25) is 0 Å². The van der Waals surface area contributed by atoms with Gasteiger partial charge in [0.05, 0.1) is 0 Å². The maximum absolute atomic E-state index is 13.7. The lowest BCUT2D eigenvalue weighted by atomic mass is 10.4. The molecule has 2 aromatic rings. The average Bonchev–Trinajstić information content (AvgIpc) is 2.44. The molecular weight excluding hydrogens is 325 g/mol. The third kappa shape index (κ3) is 3.30. The first kappa shape index (κ1) is 14.4. The minimum absolute atomic E-state index is 0.139. The van der Waals surface area contributed by atoms with Crippen molar-refractivity contribution < 1.29 is 4.39 Å². The summed E-state index contributed by atoms with van der Waals surface area (Å²) in [5.74, 6) is 0.282. The molecule has 104 valence electrons. The molecule has 0 radical (unpaired) electrons. The SMILES string of the molecule is CCN(C(N)=Nc1ccc(Br)cn1)c1ncccc1F. The molecule has 5 nitrogen and oxygen atoms in total. The quantitative estimate of drug-likeness (QED) is 0.690. The van der Waals surface area contributed by atoms with Gasteiger partial charge in [0, 0.05) is 23.4 Å². The normalized spacial score (nSPS) is 11.4. The number of pyridine rings is 2. The van der Waals surface area contributed by atoms with E-state index in [1.807, 2.05) is 6.92 Å². The van der Waals surface area contributed by atoms with Crippen molar-refractivity contribution in [3.8, 4) is 0 Å². The van der Waals surface area contributed by atoms with Crippen molar-refractivity contribution >= 4 is 33.5 Å². The second-order valence-corrected chi connectivity index (χ2v) is 4.77. The fraction of sp³-hybridized carbons (Fsp3) is 0.154. The Morgan fingerprint density at radius 1 is 1.40 bits per heavy atom. The molecule has 2 heterocycles. The highest BCUT2D eigenvalue weighted by Gasteiger charge is 2.14. The Hall–Kier alpha value is -2.02. The molecule has 0 saturated carbocycles. The first-order valence-electron chi connectivity index (χ1n) is 5.95. The van der Waals surface area contributed by atoms with Crippen molar-refractivity contribution in [1.29, 1.82) is 0 Å². The summed E-state index contributed by atoms with van der Waals surface area (Å²) >= 11 is 3.29. The Morgan fingerprint density at radius 3 is 2.80 bits per heavy atom. The molecule has 0 aliphatic rings. The van der Waals surface area contributed by atoms with Crippen LogP contribution in [0.5, 0.6) is 0 Å². The molecule has 0 atom stereocenters. The number of halogens is 2. The molecular formula is C13H13BrFN5. The molecule has 0 aliphatic heterocycles. The summed E-state index contributed by atoms with van der Waals surface area (Å²) < 4.78 is 14.6. The van der Waals surface area contributed by atoms with E-state index in [4.69, 9.17) is 5.73 Å². The molecule has 2 rings (SSSR count). The van der Waals surface area contributed by atoms with Crippen molar-refractivity contribution in [2.75, 3.05) is 11.4 Å². The van der Waals surface area contributed by atoms with Crippen LogP contribution in [-0.2, 0) is 0 Å². The number of aliphatic imine (C=N–C) groups is 1.